The fourth-order valence-corrected chi connectivity index (χ4v) is 3.46. The van der Waals surface area contributed by atoms with Crippen LogP contribution >= 0.6 is 0 Å². The van der Waals surface area contributed by atoms with E-state index in [-0.39, 0.29) is 5.91 Å². The predicted molar refractivity (Wildman–Crippen MR) is 114 cm³/mol. The van der Waals surface area contributed by atoms with Gasteiger partial charge in [0.15, 0.2) is 0 Å². The molecule has 0 radical (unpaired) electrons. The second-order valence-electron chi connectivity index (χ2n) is 6.86. The summed E-state index contributed by atoms with van der Waals surface area (Å²) in [6, 6.07) is 11.9. The van der Waals surface area contributed by atoms with Crippen LogP contribution in [0.3, 0.4) is 0 Å². The Morgan fingerprint density at radius 3 is 2.72 bits per heavy atom. The number of hydrogen-bond donors (Lipinski definition) is 3. The lowest BCUT2D eigenvalue weighted by atomic mass is 10.0. The number of carbonyl (C=O) groups excluding carboxylic acids is 1. The van der Waals surface area contributed by atoms with Crippen LogP contribution in [-0.2, 0) is 11.2 Å². The third-order valence-corrected chi connectivity index (χ3v) is 4.99. The molecule has 2 aromatic heterocycles. The Labute approximate surface area is 169 Å². The van der Waals surface area contributed by atoms with E-state index in [1.165, 1.54) is 11.9 Å². The van der Waals surface area contributed by atoms with Crippen LogP contribution in [0.1, 0.15) is 28.2 Å². The van der Waals surface area contributed by atoms with Crippen LogP contribution in [0.15, 0.2) is 59.6 Å². The van der Waals surface area contributed by atoms with Gasteiger partial charge in [-0.05, 0) is 55.7 Å². The predicted octanol–water partition coefficient (Wildman–Crippen LogP) is 2.99. The number of H-pyrrole nitrogens is 1. The summed E-state index contributed by atoms with van der Waals surface area (Å²) in [6.45, 7) is 4.96. The first-order valence-corrected chi connectivity index (χ1v) is 9.47. The maximum absolute atomic E-state index is 12.3. The van der Waals surface area contributed by atoms with Crippen molar-refractivity contribution in [3.8, 4) is 0 Å². The van der Waals surface area contributed by atoms with Crippen LogP contribution in [0.25, 0.3) is 6.08 Å². The second kappa shape index (κ2) is 8.10. The highest BCUT2D eigenvalue weighted by Gasteiger charge is 2.25. The molecule has 3 heterocycles. The van der Waals surface area contributed by atoms with Crippen molar-refractivity contribution in [3.05, 3.63) is 82.7 Å². The molecule has 0 atom stereocenters. The van der Waals surface area contributed by atoms with E-state index in [1.54, 1.807) is 12.3 Å². The molecular weight excluding hydrogens is 364 g/mol. The number of hydrogen-bond acceptors (Lipinski definition) is 5. The minimum Gasteiger partial charge on any atom is -0.385 e. The fourth-order valence-electron chi connectivity index (χ4n) is 3.46. The van der Waals surface area contributed by atoms with Crippen molar-refractivity contribution in [2.24, 2.45) is 5.10 Å². The Balaban J connectivity index is 1.55. The summed E-state index contributed by atoms with van der Waals surface area (Å²) >= 11 is 0. The number of aromatic amines is 1. The van der Waals surface area contributed by atoms with Crippen molar-refractivity contribution < 1.29 is 4.79 Å². The third-order valence-electron chi connectivity index (χ3n) is 4.99. The summed E-state index contributed by atoms with van der Waals surface area (Å²) in [5.74, 6) is -0.238. The van der Waals surface area contributed by atoms with E-state index < -0.39 is 0 Å². The Hall–Kier alpha value is -3.74. The molecule has 1 aromatic carbocycles. The van der Waals surface area contributed by atoms with E-state index in [2.05, 4.69) is 56.8 Å². The zero-order valence-corrected chi connectivity index (χ0v) is 16.4. The van der Waals surface area contributed by atoms with Crippen molar-refractivity contribution in [1.82, 2.24) is 20.4 Å². The van der Waals surface area contributed by atoms with Gasteiger partial charge in [-0.15, -0.1) is 0 Å². The summed E-state index contributed by atoms with van der Waals surface area (Å²) in [4.78, 5) is 23.9. The van der Waals surface area contributed by atoms with Gasteiger partial charge in [-0.2, -0.15) is 5.10 Å². The summed E-state index contributed by atoms with van der Waals surface area (Å²) in [5, 5.41) is 7.58. The van der Waals surface area contributed by atoms with Gasteiger partial charge >= 0.3 is 0 Å². The van der Waals surface area contributed by atoms with E-state index in [0.717, 1.165) is 35.6 Å². The number of hydrazone groups is 1. The SMILES string of the molecule is Cc1[nH]c(C=C2C(=O)NN=C2c2ccncn2)c(C)c1CCNc1ccccc1. The summed E-state index contributed by atoms with van der Waals surface area (Å²) in [6.07, 6.45) is 5.80. The number of carbonyl (C=O) groups is 1. The minimum atomic E-state index is -0.238. The first-order valence-electron chi connectivity index (χ1n) is 9.47. The van der Waals surface area contributed by atoms with Crippen molar-refractivity contribution in [2.75, 3.05) is 11.9 Å². The van der Waals surface area contributed by atoms with Crippen molar-refractivity contribution in [2.45, 2.75) is 20.3 Å². The molecule has 0 spiro atoms. The number of rotatable bonds is 6. The Bertz CT molecular complexity index is 1080. The highest BCUT2D eigenvalue weighted by atomic mass is 16.2. The van der Waals surface area contributed by atoms with Gasteiger partial charge < -0.3 is 10.3 Å². The van der Waals surface area contributed by atoms with Gasteiger partial charge in [0.05, 0.1) is 11.3 Å². The molecular formula is C22H22N6O. The molecule has 0 unspecified atom stereocenters. The normalized spacial score (nSPS) is 14.8. The zero-order valence-electron chi connectivity index (χ0n) is 16.4. The third kappa shape index (κ3) is 3.94. The average molecular weight is 386 g/mol. The van der Waals surface area contributed by atoms with Crippen molar-refractivity contribution in [3.63, 3.8) is 0 Å². The number of nitrogens with zero attached hydrogens (tertiary/aromatic N) is 3. The maximum atomic E-state index is 12.3. The molecule has 0 saturated heterocycles. The van der Waals surface area contributed by atoms with Crippen LogP contribution in [0, 0.1) is 13.8 Å². The molecule has 1 aliphatic heterocycles. The lowest BCUT2D eigenvalue weighted by molar-refractivity contribution is -0.116. The average Bonchev–Trinajstić information content (AvgIpc) is 3.24. The minimum absolute atomic E-state index is 0.238. The molecule has 3 aromatic rings. The number of para-hydroxylation sites is 1. The van der Waals surface area contributed by atoms with E-state index in [4.69, 9.17) is 0 Å². The zero-order chi connectivity index (χ0) is 20.2. The largest absolute Gasteiger partial charge is 0.385 e. The topological polar surface area (TPSA) is 95.1 Å². The molecule has 1 amide bonds. The molecule has 7 heteroatoms. The van der Waals surface area contributed by atoms with Crippen molar-refractivity contribution >= 4 is 23.4 Å². The highest BCUT2D eigenvalue weighted by molar-refractivity contribution is 6.32. The van der Waals surface area contributed by atoms with Gasteiger partial charge in [0.25, 0.3) is 5.91 Å². The Morgan fingerprint density at radius 2 is 1.97 bits per heavy atom. The molecule has 0 aliphatic carbocycles. The highest BCUT2D eigenvalue weighted by Crippen LogP contribution is 2.23. The molecule has 0 saturated carbocycles. The van der Waals surface area contributed by atoms with Crippen LogP contribution in [0.2, 0.25) is 0 Å². The Kier molecular flexibility index (Phi) is 5.20. The molecule has 7 nitrogen and oxygen atoms in total. The smallest absolute Gasteiger partial charge is 0.273 e. The lowest BCUT2D eigenvalue weighted by Gasteiger charge is -2.07. The molecule has 3 N–H and O–H groups in total. The van der Waals surface area contributed by atoms with E-state index in [9.17, 15) is 4.79 Å². The summed E-state index contributed by atoms with van der Waals surface area (Å²) in [7, 11) is 0. The van der Waals surface area contributed by atoms with Crippen LogP contribution in [0.5, 0.6) is 0 Å². The molecule has 4 rings (SSSR count). The summed E-state index contributed by atoms with van der Waals surface area (Å²) in [5.41, 5.74) is 9.64. The van der Waals surface area contributed by atoms with Gasteiger partial charge in [0.2, 0.25) is 0 Å². The number of nitrogens with one attached hydrogen (secondary N) is 3. The van der Waals surface area contributed by atoms with Gasteiger partial charge in [-0.1, -0.05) is 18.2 Å². The van der Waals surface area contributed by atoms with Gasteiger partial charge in [-0.25, -0.2) is 15.4 Å². The van der Waals surface area contributed by atoms with E-state index >= 15 is 0 Å². The first kappa shape index (κ1) is 18.6. The molecule has 0 fully saturated rings. The van der Waals surface area contributed by atoms with Crippen molar-refractivity contribution in [1.29, 1.82) is 0 Å². The van der Waals surface area contributed by atoms with Crippen LogP contribution in [0.4, 0.5) is 5.69 Å². The number of aryl methyl sites for hydroxylation is 1. The fraction of sp³-hybridized carbons (Fsp3) is 0.182. The first-order chi connectivity index (χ1) is 14.1. The van der Waals surface area contributed by atoms with Crippen LogP contribution < -0.4 is 10.7 Å². The standard InChI is InChI=1S/C22H22N6O/c1-14-17(8-11-24-16-6-4-3-5-7-16)15(2)26-20(14)12-18-21(27-28-22(18)29)19-9-10-23-13-25-19/h3-7,9-10,12-13,24,26H,8,11H2,1-2H3,(H,28,29). The monoisotopic (exact) mass is 386 g/mol. The number of amides is 1. The van der Waals surface area contributed by atoms with Gasteiger partial charge in [0, 0.05) is 29.8 Å². The van der Waals surface area contributed by atoms with Gasteiger partial charge in [-0.3, -0.25) is 4.79 Å². The molecule has 0 bridgehead atoms. The lowest BCUT2D eigenvalue weighted by Crippen LogP contribution is -2.14. The number of anilines is 1. The number of aromatic nitrogens is 3. The number of benzene rings is 1. The van der Waals surface area contributed by atoms with E-state index in [1.807, 2.05) is 24.3 Å². The molecule has 1 aliphatic rings. The quantitative estimate of drug-likeness (QED) is 0.568. The maximum Gasteiger partial charge on any atom is 0.273 e. The van der Waals surface area contributed by atoms with E-state index in [0.29, 0.717) is 17.0 Å². The summed E-state index contributed by atoms with van der Waals surface area (Å²) < 4.78 is 0. The van der Waals surface area contributed by atoms with Gasteiger partial charge in [0.1, 0.15) is 12.0 Å². The van der Waals surface area contributed by atoms with Crippen LogP contribution in [-0.4, -0.2) is 33.1 Å². The Morgan fingerprint density at radius 1 is 1.14 bits per heavy atom. The molecule has 29 heavy (non-hydrogen) atoms. The second-order valence-corrected chi connectivity index (χ2v) is 6.86. The molecule has 146 valence electrons.